The van der Waals surface area contributed by atoms with E-state index in [4.69, 9.17) is 4.42 Å². The van der Waals surface area contributed by atoms with Gasteiger partial charge in [-0.3, -0.25) is 4.79 Å². The number of fused-ring (bicyclic) bond motifs is 1. The van der Waals surface area contributed by atoms with Crippen LogP contribution in [0.4, 0.5) is 4.39 Å². The topological polar surface area (TPSA) is 55.1 Å². The van der Waals surface area contributed by atoms with E-state index in [1.54, 1.807) is 18.2 Å². The highest BCUT2D eigenvalue weighted by atomic mass is 19.1. The van der Waals surface area contributed by atoms with E-state index in [0.717, 1.165) is 16.7 Å². The fraction of sp³-hybridized carbons (Fsp3) is 0.222. The van der Waals surface area contributed by atoms with E-state index in [-0.39, 0.29) is 18.1 Å². The molecule has 0 unspecified atom stereocenters. The minimum absolute atomic E-state index is 0.0498. The Morgan fingerprint density at radius 3 is 2.91 bits per heavy atom. The van der Waals surface area contributed by atoms with Gasteiger partial charge in [-0.05, 0) is 35.7 Å². The second-order valence-electron chi connectivity index (χ2n) is 5.40. The third-order valence-electron chi connectivity index (χ3n) is 3.60. The van der Waals surface area contributed by atoms with E-state index in [1.807, 2.05) is 25.1 Å². The summed E-state index contributed by atoms with van der Waals surface area (Å²) >= 11 is 0. The maximum absolute atomic E-state index is 13.5. The molecule has 1 aromatic heterocycles. The van der Waals surface area contributed by atoms with Gasteiger partial charge in [0.15, 0.2) is 11.5 Å². The van der Waals surface area contributed by atoms with E-state index in [2.05, 4.69) is 10.3 Å². The molecule has 0 atom stereocenters. The third kappa shape index (κ3) is 3.74. The normalized spacial score (nSPS) is 10.9. The van der Waals surface area contributed by atoms with Crippen molar-refractivity contribution >= 4 is 17.0 Å². The van der Waals surface area contributed by atoms with Crippen LogP contribution in [0.3, 0.4) is 0 Å². The zero-order valence-electron chi connectivity index (χ0n) is 12.8. The lowest BCUT2D eigenvalue weighted by Crippen LogP contribution is -2.27. The Kier molecular flexibility index (Phi) is 4.37. The minimum Gasteiger partial charge on any atom is -0.441 e. The summed E-state index contributed by atoms with van der Waals surface area (Å²) in [5.74, 6) is 0.0957. The molecule has 0 aliphatic rings. The van der Waals surface area contributed by atoms with E-state index in [1.165, 1.54) is 6.07 Å². The molecule has 0 aliphatic heterocycles. The number of aryl methyl sites for hydroxylation is 1. The molecule has 0 bridgehead atoms. The number of amides is 1. The highest BCUT2D eigenvalue weighted by Crippen LogP contribution is 2.16. The van der Waals surface area contributed by atoms with Crippen LogP contribution in [-0.4, -0.2) is 17.4 Å². The maximum Gasteiger partial charge on any atom is 0.224 e. The van der Waals surface area contributed by atoms with Crippen LogP contribution in [0.1, 0.15) is 17.0 Å². The van der Waals surface area contributed by atoms with Crippen LogP contribution in [0, 0.1) is 12.7 Å². The van der Waals surface area contributed by atoms with E-state index >= 15 is 0 Å². The highest BCUT2D eigenvalue weighted by Gasteiger charge is 2.08. The number of oxazole rings is 1. The van der Waals surface area contributed by atoms with Crippen LogP contribution >= 0.6 is 0 Å². The summed E-state index contributed by atoms with van der Waals surface area (Å²) in [6.07, 6.45) is 0.735. The van der Waals surface area contributed by atoms with Crippen molar-refractivity contribution < 1.29 is 13.6 Å². The van der Waals surface area contributed by atoms with Gasteiger partial charge in [0, 0.05) is 13.5 Å². The zero-order chi connectivity index (χ0) is 16.2. The second kappa shape index (κ2) is 6.60. The molecule has 4 nitrogen and oxygen atoms in total. The van der Waals surface area contributed by atoms with Crippen molar-refractivity contribution in [3.8, 4) is 0 Å². The molecule has 0 radical (unpaired) electrons. The molecule has 5 heteroatoms. The molecule has 0 saturated carbocycles. The first-order valence-corrected chi connectivity index (χ1v) is 7.48. The van der Waals surface area contributed by atoms with Gasteiger partial charge in [-0.1, -0.05) is 24.3 Å². The first-order valence-electron chi connectivity index (χ1n) is 7.48. The van der Waals surface area contributed by atoms with Crippen molar-refractivity contribution in [2.24, 2.45) is 0 Å². The monoisotopic (exact) mass is 312 g/mol. The van der Waals surface area contributed by atoms with Crippen LogP contribution in [0.15, 0.2) is 46.9 Å². The van der Waals surface area contributed by atoms with E-state index in [9.17, 15) is 9.18 Å². The summed E-state index contributed by atoms with van der Waals surface area (Å²) in [5.41, 5.74) is 3.05. The number of halogens is 1. The molecular weight excluding hydrogens is 295 g/mol. The molecule has 0 aliphatic carbocycles. The van der Waals surface area contributed by atoms with Crippen molar-refractivity contribution in [2.45, 2.75) is 19.8 Å². The van der Waals surface area contributed by atoms with Gasteiger partial charge in [-0.15, -0.1) is 0 Å². The van der Waals surface area contributed by atoms with Crippen LogP contribution < -0.4 is 5.32 Å². The molecular formula is C18H17FN2O2. The van der Waals surface area contributed by atoms with E-state index < -0.39 is 0 Å². The number of hydrogen-bond donors (Lipinski definition) is 1. The fourth-order valence-corrected chi connectivity index (χ4v) is 2.47. The molecule has 3 rings (SSSR count). The summed E-state index contributed by atoms with van der Waals surface area (Å²) in [4.78, 5) is 16.2. The van der Waals surface area contributed by atoms with Crippen LogP contribution in [-0.2, 0) is 17.6 Å². The van der Waals surface area contributed by atoms with Gasteiger partial charge < -0.3 is 9.73 Å². The third-order valence-corrected chi connectivity index (χ3v) is 3.60. The minimum atomic E-state index is -0.352. The average molecular weight is 312 g/mol. The molecule has 1 N–H and O–H groups in total. The summed E-state index contributed by atoms with van der Waals surface area (Å²) in [6.45, 7) is 2.30. The SMILES string of the molecule is Cc1nc2cc(CCNC(=O)Cc3ccccc3F)ccc2o1. The Morgan fingerprint density at radius 2 is 2.09 bits per heavy atom. The van der Waals surface area contributed by atoms with Crippen molar-refractivity contribution in [3.05, 3.63) is 65.3 Å². The van der Waals surface area contributed by atoms with E-state index in [0.29, 0.717) is 24.4 Å². The van der Waals surface area contributed by atoms with Gasteiger partial charge in [0.1, 0.15) is 11.3 Å². The number of benzene rings is 2. The Bertz CT molecular complexity index is 842. The first kappa shape index (κ1) is 15.2. The molecule has 0 spiro atoms. The number of hydrogen-bond acceptors (Lipinski definition) is 3. The van der Waals surface area contributed by atoms with Crippen molar-refractivity contribution in [1.29, 1.82) is 0 Å². The summed E-state index contributed by atoms with van der Waals surface area (Å²) in [5, 5.41) is 2.81. The number of rotatable bonds is 5. The molecule has 1 amide bonds. The van der Waals surface area contributed by atoms with Crippen molar-refractivity contribution in [3.63, 3.8) is 0 Å². The standard InChI is InChI=1S/C18H17FN2O2/c1-12-21-16-10-13(6-7-17(16)23-12)8-9-20-18(22)11-14-4-2-3-5-15(14)19/h2-7,10H,8-9,11H2,1H3,(H,20,22). The smallest absolute Gasteiger partial charge is 0.224 e. The molecule has 118 valence electrons. The number of carbonyl (C=O) groups excluding carboxylic acids is 1. The first-order chi connectivity index (χ1) is 11.1. The lowest BCUT2D eigenvalue weighted by atomic mass is 10.1. The summed E-state index contributed by atoms with van der Waals surface area (Å²) < 4.78 is 18.9. The number of nitrogens with zero attached hydrogens (tertiary/aromatic N) is 1. The highest BCUT2D eigenvalue weighted by molar-refractivity contribution is 5.78. The zero-order valence-corrected chi connectivity index (χ0v) is 12.8. The van der Waals surface area contributed by atoms with Crippen molar-refractivity contribution in [2.75, 3.05) is 6.54 Å². The molecule has 2 aromatic carbocycles. The summed E-state index contributed by atoms with van der Waals surface area (Å²) in [7, 11) is 0. The van der Waals surface area contributed by atoms with Gasteiger partial charge in [0.05, 0.1) is 6.42 Å². The summed E-state index contributed by atoms with van der Waals surface area (Å²) in [6, 6.07) is 12.1. The number of nitrogens with one attached hydrogen (secondary N) is 1. The van der Waals surface area contributed by atoms with Gasteiger partial charge in [-0.2, -0.15) is 0 Å². The Labute approximate surface area is 133 Å². The largest absolute Gasteiger partial charge is 0.441 e. The quantitative estimate of drug-likeness (QED) is 0.787. The molecule has 0 fully saturated rings. The Hall–Kier alpha value is -2.69. The van der Waals surface area contributed by atoms with Crippen LogP contribution in [0.25, 0.3) is 11.1 Å². The lowest BCUT2D eigenvalue weighted by Gasteiger charge is -2.06. The fourth-order valence-electron chi connectivity index (χ4n) is 2.47. The van der Waals surface area contributed by atoms with Gasteiger partial charge in [-0.25, -0.2) is 9.37 Å². The van der Waals surface area contributed by atoms with Gasteiger partial charge in [0.2, 0.25) is 5.91 Å². The van der Waals surface area contributed by atoms with Gasteiger partial charge in [0.25, 0.3) is 0 Å². The van der Waals surface area contributed by atoms with Crippen LogP contribution in [0.5, 0.6) is 0 Å². The van der Waals surface area contributed by atoms with Gasteiger partial charge >= 0.3 is 0 Å². The molecule has 23 heavy (non-hydrogen) atoms. The van der Waals surface area contributed by atoms with Crippen molar-refractivity contribution in [1.82, 2.24) is 10.3 Å². The maximum atomic E-state index is 13.5. The molecule has 3 aromatic rings. The molecule has 1 heterocycles. The predicted octanol–water partition coefficient (Wildman–Crippen LogP) is 3.18. The number of aromatic nitrogens is 1. The Morgan fingerprint density at radius 1 is 1.26 bits per heavy atom. The predicted molar refractivity (Wildman–Crippen MR) is 85.6 cm³/mol. The van der Waals surface area contributed by atoms with Crippen LogP contribution in [0.2, 0.25) is 0 Å². The number of carbonyl (C=O) groups is 1. The second-order valence-corrected chi connectivity index (χ2v) is 5.40. The Balaban J connectivity index is 1.53. The molecule has 0 saturated heterocycles. The average Bonchev–Trinajstić information content (AvgIpc) is 2.89. The lowest BCUT2D eigenvalue weighted by molar-refractivity contribution is -0.120.